The van der Waals surface area contributed by atoms with Crippen LogP contribution in [-0.4, -0.2) is 41.7 Å². The van der Waals surface area contributed by atoms with Crippen LogP contribution in [-0.2, 0) is 24.3 Å². The van der Waals surface area contributed by atoms with Gasteiger partial charge >= 0.3 is 0 Å². The summed E-state index contributed by atoms with van der Waals surface area (Å²) in [7, 11) is 0. The fourth-order valence-electron chi connectivity index (χ4n) is 4.12. The number of carbonyl (C=O) groups is 1. The van der Waals surface area contributed by atoms with Crippen molar-refractivity contribution in [1.29, 1.82) is 0 Å². The molecule has 0 saturated carbocycles. The van der Waals surface area contributed by atoms with Crippen molar-refractivity contribution in [1.82, 2.24) is 29.9 Å². The van der Waals surface area contributed by atoms with Gasteiger partial charge < -0.3 is 5.32 Å². The molecule has 7 aromatic rings. The van der Waals surface area contributed by atoms with Crippen LogP contribution >= 0.6 is 11.6 Å². The van der Waals surface area contributed by atoms with Gasteiger partial charge in [0.1, 0.15) is 5.88 Å². The number of rotatable bonds is 4. The molecule has 0 saturated heterocycles. The Morgan fingerprint density at radius 2 is 0.979 bits per heavy atom. The van der Waals surface area contributed by atoms with E-state index >= 15 is 0 Å². The third-order valence-electron chi connectivity index (χ3n) is 6.04. The summed E-state index contributed by atoms with van der Waals surface area (Å²) in [6.07, 6.45) is 11.8. The van der Waals surface area contributed by atoms with Crippen LogP contribution in [0.25, 0.3) is 44.6 Å². The van der Waals surface area contributed by atoms with E-state index in [0.29, 0.717) is 5.69 Å². The van der Waals surface area contributed by atoms with Crippen LogP contribution in [0, 0.1) is 0 Å². The van der Waals surface area contributed by atoms with Gasteiger partial charge in [-0.15, -0.1) is 11.6 Å². The number of benzene rings is 1. The van der Waals surface area contributed by atoms with Gasteiger partial charge in [-0.1, -0.05) is 50.6 Å². The summed E-state index contributed by atoms with van der Waals surface area (Å²) in [4.78, 5) is 36.9. The van der Waals surface area contributed by atoms with Crippen LogP contribution in [0.3, 0.4) is 0 Å². The molecule has 0 unspecified atom stereocenters. The van der Waals surface area contributed by atoms with Crippen molar-refractivity contribution in [3.63, 3.8) is 0 Å². The van der Waals surface area contributed by atoms with Gasteiger partial charge in [0, 0.05) is 67.4 Å². The van der Waals surface area contributed by atoms with E-state index in [-0.39, 0.29) is 31.3 Å². The van der Waals surface area contributed by atoms with Gasteiger partial charge in [-0.2, -0.15) is 0 Å². The summed E-state index contributed by atoms with van der Waals surface area (Å²) in [5.74, 6) is -0.317. The molecule has 0 aliphatic rings. The van der Waals surface area contributed by atoms with Crippen LogP contribution in [0.4, 0.5) is 5.69 Å². The minimum absolute atomic E-state index is 0. The normalized spacial score (nSPS) is 9.68. The predicted molar refractivity (Wildman–Crippen MR) is 187 cm³/mol. The maximum atomic E-state index is 11.5. The smallest absolute Gasteiger partial charge is 0.239 e. The number of fused-ring (bicyclic) bond motifs is 3. The van der Waals surface area contributed by atoms with Gasteiger partial charge in [-0.3, -0.25) is 34.7 Å². The molecule has 238 valence electrons. The number of nitrogens with zero attached hydrogens (tertiary/aromatic N) is 6. The van der Waals surface area contributed by atoms with Crippen molar-refractivity contribution in [3.05, 3.63) is 140 Å². The molecule has 6 aromatic heterocycles. The quantitative estimate of drug-likeness (QED) is 0.110. The van der Waals surface area contributed by atoms with Crippen LogP contribution < -0.4 is 5.32 Å². The summed E-state index contributed by atoms with van der Waals surface area (Å²) in [5.41, 5.74) is 5.95. The summed E-state index contributed by atoms with van der Waals surface area (Å²) in [6.45, 7) is 4.25. The summed E-state index contributed by atoms with van der Waals surface area (Å²) >= 11 is 5.53. The largest absolute Gasteiger partial charge is 0.324 e. The number of carbonyl (C=O) groups excluding carboxylic acids is 1. The molecule has 10 heteroatoms. The molecule has 1 aromatic carbocycles. The van der Waals surface area contributed by atoms with Crippen molar-refractivity contribution >= 4 is 45.0 Å². The Labute approximate surface area is 292 Å². The Balaban J connectivity index is 0.000000188. The molecule has 0 aliphatic heterocycles. The Kier molecular flexibility index (Phi) is 15.7. The third-order valence-corrected chi connectivity index (χ3v) is 6.28. The second kappa shape index (κ2) is 20.2. The van der Waals surface area contributed by atoms with Gasteiger partial charge in [0.25, 0.3) is 0 Å². The number of anilines is 1. The molecule has 1 amide bonds. The molecular weight excluding hydrogens is 695 g/mol. The fourth-order valence-corrected chi connectivity index (χ4v) is 4.19. The van der Waals surface area contributed by atoms with E-state index in [1.165, 1.54) is 6.42 Å². The Morgan fingerprint density at radius 3 is 1.38 bits per heavy atom. The zero-order chi connectivity index (χ0) is 32.4. The maximum Gasteiger partial charge on any atom is 0.239 e. The Bertz CT molecular complexity index is 1770. The van der Waals surface area contributed by atoms with Crippen molar-refractivity contribution < 1.29 is 24.3 Å². The predicted octanol–water partition coefficient (Wildman–Crippen LogP) is 8.66. The summed E-state index contributed by atoms with van der Waals surface area (Å²) in [5, 5.41) is 4.57. The molecule has 0 fully saturated rings. The van der Waals surface area contributed by atoms with Crippen LogP contribution in [0.15, 0.2) is 140 Å². The van der Waals surface area contributed by atoms with E-state index < -0.39 is 0 Å². The van der Waals surface area contributed by atoms with Crippen LogP contribution in [0.5, 0.6) is 0 Å². The summed E-state index contributed by atoms with van der Waals surface area (Å²) in [6, 6.07) is 32.6. The van der Waals surface area contributed by atoms with Gasteiger partial charge in [0.2, 0.25) is 5.91 Å². The molecule has 0 radical (unpaired) electrons. The van der Waals surface area contributed by atoms with Crippen molar-refractivity contribution in [2.24, 2.45) is 0 Å². The minimum Gasteiger partial charge on any atom is -0.324 e. The molecule has 47 heavy (non-hydrogen) atoms. The molecule has 0 bridgehead atoms. The molecular formula is C37H34ClN7ORu. The minimum atomic E-state index is -0.241. The van der Waals surface area contributed by atoms with Crippen molar-refractivity contribution in [2.45, 2.75) is 20.3 Å². The molecule has 0 atom stereocenters. The first kappa shape index (κ1) is 36.5. The molecule has 8 nitrogen and oxygen atoms in total. The molecule has 7 rings (SSSR count). The molecule has 0 aliphatic carbocycles. The van der Waals surface area contributed by atoms with E-state index in [2.05, 4.69) is 49.1 Å². The first-order valence-corrected chi connectivity index (χ1v) is 15.3. The molecule has 0 spiro atoms. The zero-order valence-corrected chi connectivity index (χ0v) is 28.5. The maximum absolute atomic E-state index is 11.5. The number of halogens is 1. The van der Waals surface area contributed by atoms with E-state index in [1.807, 2.05) is 103 Å². The fraction of sp³-hybridized carbons (Fsp3) is 0.108. The second-order valence-electron chi connectivity index (χ2n) is 9.65. The number of amides is 1. The number of nitrogens with one attached hydrogen (secondary N) is 1. The van der Waals surface area contributed by atoms with Gasteiger partial charge in [0.15, 0.2) is 0 Å². The number of alkyl halides is 1. The number of hydrogen-bond acceptors (Lipinski definition) is 7. The Hall–Kier alpha value is -4.98. The van der Waals surface area contributed by atoms with Gasteiger partial charge in [-0.05, 0) is 72.8 Å². The van der Waals surface area contributed by atoms with Crippen LogP contribution in [0.1, 0.15) is 20.3 Å². The van der Waals surface area contributed by atoms with E-state index in [9.17, 15) is 4.79 Å². The van der Waals surface area contributed by atoms with Gasteiger partial charge in [-0.25, -0.2) is 0 Å². The van der Waals surface area contributed by atoms with Crippen molar-refractivity contribution in [3.8, 4) is 22.8 Å². The molecule has 1 N–H and O–H groups in total. The second-order valence-corrected chi connectivity index (χ2v) is 9.91. The van der Waals surface area contributed by atoms with E-state index in [0.717, 1.165) is 44.6 Å². The average molecular weight is 729 g/mol. The third kappa shape index (κ3) is 11.1. The topological polar surface area (TPSA) is 106 Å². The van der Waals surface area contributed by atoms with E-state index in [1.54, 1.807) is 37.2 Å². The monoisotopic (exact) mass is 729 g/mol. The average Bonchev–Trinajstić information content (AvgIpc) is 3.14. The zero-order valence-electron chi connectivity index (χ0n) is 26.0. The standard InChI is InChI=1S/C14H10ClN3O.2C10H8N2.C3H8.Ru/c15-8-12(19)18-11-7-9-3-1-5-16-13(9)14-10(11)4-2-6-17-14;2*1-3-7-11-9(5-1)10-6-2-4-8-12-10;1-3-2;/h1-7H,8H2,(H,18,19);2*1-8H;3H2,1-2H3;. The molecule has 6 heterocycles. The first-order valence-electron chi connectivity index (χ1n) is 14.8. The number of aromatic nitrogens is 6. The number of pyridine rings is 6. The number of hydrogen-bond donors (Lipinski definition) is 1. The van der Waals surface area contributed by atoms with E-state index in [4.69, 9.17) is 11.6 Å². The van der Waals surface area contributed by atoms with Crippen LogP contribution in [0.2, 0.25) is 0 Å². The van der Waals surface area contributed by atoms with Crippen molar-refractivity contribution in [2.75, 3.05) is 11.2 Å². The SMILES string of the molecule is CCC.O=C(CCl)Nc1cc2cccnc2c2ncccc12.[Ru].c1ccc(-c2ccccn2)nc1.c1ccc(-c2ccccn2)nc1. The first-order chi connectivity index (χ1) is 22.6. The van der Waals surface area contributed by atoms with Gasteiger partial charge in [0.05, 0.1) is 39.5 Å². The summed E-state index contributed by atoms with van der Waals surface area (Å²) < 4.78 is 0. The Morgan fingerprint density at radius 1 is 0.574 bits per heavy atom.